The molecule has 1 aliphatic carbocycles. The van der Waals surface area contributed by atoms with Crippen LogP contribution in [-0.2, 0) is 9.53 Å². The first-order valence-electron chi connectivity index (χ1n) is 5.62. The Morgan fingerprint density at radius 1 is 1.50 bits per heavy atom. The van der Waals surface area contributed by atoms with Gasteiger partial charge in [0, 0.05) is 18.3 Å². The fourth-order valence-corrected chi connectivity index (χ4v) is 3.36. The van der Waals surface area contributed by atoms with E-state index in [0.29, 0.717) is 11.7 Å². The van der Waals surface area contributed by atoms with Crippen LogP contribution in [0, 0.1) is 11.8 Å². The number of fused-ring (bicyclic) bond motifs is 5. The Hall–Kier alpha value is -0.630. The maximum absolute atomic E-state index is 11.8. The highest BCUT2D eigenvalue weighted by molar-refractivity contribution is 5.83. The van der Waals surface area contributed by atoms with Gasteiger partial charge in [0.1, 0.15) is 5.78 Å². The fourth-order valence-electron chi connectivity index (χ4n) is 3.36. The highest BCUT2D eigenvalue weighted by Gasteiger charge is 2.50. The standard InChI is InChI=1S/C12H16O2/c1-7-5-6-10-11-8(12(7)14-10)3-2-4-9(11)13/h5,8,10-12H,2-4,6H2,1H3/t8?,10-,11?,12+/m1/s1. The van der Waals surface area contributed by atoms with E-state index in [1.165, 1.54) is 12.0 Å². The Labute approximate surface area is 84.3 Å². The van der Waals surface area contributed by atoms with Crippen molar-refractivity contribution in [2.75, 3.05) is 0 Å². The molecule has 3 aliphatic rings. The normalized spacial score (nSPS) is 46.1. The van der Waals surface area contributed by atoms with Crippen LogP contribution in [0.4, 0.5) is 0 Å². The zero-order valence-corrected chi connectivity index (χ0v) is 8.53. The molecule has 0 aromatic heterocycles. The molecule has 0 radical (unpaired) electrons. The average Bonchev–Trinajstić information content (AvgIpc) is 2.49. The lowest BCUT2D eigenvalue weighted by Gasteiger charge is -2.26. The molecule has 4 atom stereocenters. The molecule has 2 unspecified atom stereocenters. The number of ketones is 1. The van der Waals surface area contributed by atoms with Crippen molar-refractivity contribution in [2.24, 2.45) is 11.8 Å². The summed E-state index contributed by atoms with van der Waals surface area (Å²) in [4.78, 5) is 11.8. The molecule has 1 saturated heterocycles. The molecule has 2 nitrogen and oxygen atoms in total. The van der Waals surface area contributed by atoms with Gasteiger partial charge in [-0.15, -0.1) is 0 Å². The summed E-state index contributed by atoms with van der Waals surface area (Å²) in [5.41, 5.74) is 1.35. The van der Waals surface area contributed by atoms with E-state index < -0.39 is 0 Å². The average molecular weight is 192 g/mol. The van der Waals surface area contributed by atoms with Crippen molar-refractivity contribution in [1.82, 2.24) is 0 Å². The third kappa shape index (κ3) is 1.04. The summed E-state index contributed by atoms with van der Waals surface area (Å²) in [5.74, 6) is 1.18. The third-order valence-corrected chi connectivity index (χ3v) is 4.03. The predicted octanol–water partition coefficient (Wildman–Crippen LogP) is 2.09. The molecule has 0 N–H and O–H groups in total. The van der Waals surface area contributed by atoms with Crippen molar-refractivity contribution in [3.8, 4) is 0 Å². The van der Waals surface area contributed by atoms with Gasteiger partial charge in [-0.25, -0.2) is 0 Å². The molecule has 3 rings (SSSR count). The summed E-state index contributed by atoms with van der Waals surface area (Å²) in [7, 11) is 0. The van der Waals surface area contributed by atoms with E-state index in [2.05, 4.69) is 13.0 Å². The van der Waals surface area contributed by atoms with Gasteiger partial charge >= 0.3 is 0 Å². The first-order valence-corrected chi connectivity index (χ1v) is 5.62. The predicted molar refractivity (Wildman–Crippen MR) is 52.9 cm³/mol. The summed E-state index contributed by atoms with van der Waals surface area (Å²) in [6.45, 7) is 2.14. The smallest absolute Gasteiger partial charge is 0.138 e. The molecule has 2 heterocycles. The zero-order valence-electron chi connectivity index (χ0n) is 8.53. The van der Waals surface area contributed by atoms with Gasteiger partial charge in [0.2, 0.25) is 0 Å². The zero-order chi connectivity index (χ0) is 9.71. The van der Waals surface area contributed by atoms with Crippen molar-refractivity contribution >= 4 is 5.78 Å². The third-order valence-electron chi connectivity index (χ3n) is 4.03. The van der Waals surface area contributed by atoms with E-state index in [4.69, 9.17) is 4.74 Å². The molecule has 0 amide bonds. The van der Waals surface area contributed by atoms with E-state index in [1.54, 1.807) is 0 Å². The SMILES string of the molecule is CC1=CC[C@H]2O[C@@H]1C1CCCC(=O)C12. The first-order chi connectivity index (χ1) is 6.77. The molecule has 2 aliphatic heterocycles. The van der Waals surface area contributed by atoms with Gasteiger partial charge < -0.3 is 4.74 Å². The molecule has 0 aromatic rings. The molecule has 2 fully saturated rings. The molecule has 14 heavy (non-hydrogen) atoms. The number of hydrogen-bond acceptors (Lipinski definition) is 2. The molecule has 2 heteroatoms. The minimum absolute atomic E-state index is 0.210. The van der Waals surface area contributed by atoms with Crippen LogP contribution < -0.4 is 0 Å². The van der Waals surface area contributed by atoms with Crippen LogP contribution in [0.1, 0.15) is 32.6 Å². The highest BCUT2D eigenvalue weighted by atomic mass is 16.5. The Bertz CT molecular complexity index is 305. The second-order valence-electron chi connectivity index (χ2n) is 4.83. The second kappa shape index (κ2) is 2.93. The number of ether oxygens (including phenoxy) is 1. The number of carbonyl (C=O) groups excluding carboxylic acids is 1. The lowest BCUT2D eigenvalue weighted by atomic mass is 9.75. The Balaban J connectivity index is 1.95. The first kappa shape index (κ1) is 8.66. The molecular weight excluding hydrogens is 176 g/mol. The number of rotatable bonds is 0. The summed E-state index contributed by atoms with van der Waals surface area (Å²) in [6, 6.07) is 0. The van der Waals surface area contributed by atoms with Crippen LogP contribution in [0.15, 0.2) is 11.6 Å². The molecule has 76 valence electrons. The van der Waals surface area contributed by atoms with Crippen LogP contribution in [0.3, 0.4) is 0 Å². The van der Waals surface area contributed by atoms with Gasteiger partial charge in [-0.2, -0.15) is 0 Å². The van der Waals surface area contributed by atoms with Crippen molar-refractivity contribution in [2.45, 2.75) is 44.8 Å². The van der Waals surface area contributed by atoms with Gasteiger partial charge in [0.15, 0.2) is 0 Å². The summed E-state index contributed by atoms with van der Waals surface area (Å²) < 4.78 is 5.94. The Morgan fingerprint density at radius 3 is 3.21 bits per heavy atom. The minimum atomic E-state index is 0.210. The number of carbonyl (C=O) groups is 1. The van der Waals surface area contributed by atoms with Gasteiger partial charge in [-0.3, -0.25) is 4.79 Å². The lowest BCUT2D eigenvalue weighted by molar-refractivity contribution is -0.127. The van der Waals surface area contributed by atoms with Crippen molar-refractivity contribution in [3.63, 3.8) is 0 Å². The molecule has 0 spiro atoms. The number of Topliss-reactive ketones (excluding diaryl/α,β-unsaturated/α-hetero) is 1. The van der Waals surface area contributed by atoms with E-state index in [0.717, 1.165) is 19.3 Å². The van der Waals surface area contributed by atoms with Crippen LogP contribution in [0.2, 0.25) is 0 Å². The van der Waals surface area contributed by atoms with Crippen molar-refractivity contribution in [3.05, 3.63) is 11.6 Å². The van der Waals surface area contributed by atoms with Gasteiger partial charge in [-0.1, -0.05) is 6.08 Å². The van der Waals surface area contributed by atoms with E-state index in [-0.39, 0.29) is 18.1 Å². The van der Waals surface area contributed by atoms with Gasteiger partial charge in [-0.05, 0) is 31.8 Å². The molecule has 2 bridgehead atoms. The van der Waals surface area contributed by atoms with Crippen LogP contribution in [-0.4, -0.2) is 18.0 Å². The molecular formula is C12H16O2. The van der Waals surface area contributed by atoms with E-state index in [9.17, 15) is 4.79 Å². The van der Waals surface area contributed by atoms with E-state index >= 15 is 0 Å². The Morgan fingerprint density at radius 2 is 2.36 bits per heavy atom. The number of hydrogen-bond donors (Lipinski definition) is 0. The largest absolute Gasteiger partial charge is 0.369 e. The molecule has 0 aromatic carbocycles. The summed E-state index contributed by atoms with van der Waals surface area (Å²) >= 11 is 0. The van der Waals surface area contributed by atoms with E-state index in [1.807, 2.05) is 0 Å². The Kier molecular flexibility index (Phi) is 1.81. The van der Waals surface area contributed by atoms with Gasteiger partial charge in [0.25, 0.3) is 0 Å². The highest BCUT2D eigenvalue weighted by Crippen LogP contribution is 2.46. The minimum Gasteiger partial charge on any atom is -0.369 e. The summed E-state index contributed by atoms with van der Waals surface area (Å²) in [5, 5.41) is 0. The lowest BCUT2D eigenvalue weighted by Crippen LogP contribution is -2.32. The topological polar surface area (TPSA) is 26.3 Å². The van der Waals surface area contributed by atoms with Crippen LogP contribution in [0.25, 0.3) is 0 Å². The summed E-state index contributed by atoms with van der Waals surface area (Å²) in [6.07, 6.45) is 6.74. The van der Waals surface area contributed by atoms with Gasteiger partial charge in [0.05, 0.1) is 12.2 Å². The van der Waals surface area contributed by atoms with Crippen LogP contribution in [0.5, 0.6) is 0 Å². The quantitative estimate of drug-likeness (QED) is 0.549. The second-order valence-corrected chi connectivity index (χ2v) is 4.83. The maximum Gasteiger partial charge on any atom is 0.138 e. The van der Waals surface area contributed by atoms with Crippen molar-refractivity contribution in [1.29, 1.82) is 0 Å². The maximum atomic E-state index is 11.8. The van der Waals surface area contributed by atoms with Crippen LogP contribution >= 0.6 is 0 Å². The molecule has 1 saturated carbocycles. The monoisotopic (exact) mass is 192 g/mol. The fraction of sp³-hybridized carbons (Fsp3) is 0.750. The van der Waals surface area contributed by atoms with Crippen molar-refractivity contribution < 1.29 is 9.53 Å².